The number of carbonyl (C=O) groups is 1. The van der Waals surface area contributed by atoms with E-state index in [4.69, 9.17) is 28.4 Å². The van der Waals surface area contributed by atoms with Crippen LogP contribution in [-0.2, 0) is 33.2 Å². The number of hydrogen-bond acceptors (Lipinski definition) is 18. The van der Waals surface area contributed by atoms with E-state index in [1.165, 1.54) is 128 Å². The van der Waals surface area contributed by atoms with Crippen LogP contribution in [0.1, 0.15) is 239 Å². The Bertz CT molecular complexity index is 2080. The van der Waals surface area contributed by atoms with Crippen LogP contribution in [0.25, 0.3) is 0 Å². The normalized spacial score (nSPS) is 27.9. The number of allylic oxidation sites excluding steroid dienone is 15. The summed E-state index contributed by atoms with van der Waals surface area (Å²) in [4.78, 5) is 13.4. The van der Waals surface area contributed by atoms with Crippen molar-refractivity contribution in [3.8, 4) is 0 Å². The van der Waals surface area contributed by atoms with Crippen molar-refractivity contribution in [3.63, 3.8) is 0 Å². The van der Waals surface area contributed by atoms with Crippen LogP contribution < -0.4 is 5.32 Å². The molecule has 0 aliphatic carbocycles. The standard InChI is InChI=1S/C75H129NO18/c1-3-5-7-9-11-13-15-17-18-19-20-21-22-23-24-25-26-27-28-29-30-31-32-33-34-35-36-37-38-39-40-41-43-45-47-49-51-53-63(81)76-58(59(80)52-50-48-46-44-42-16-14-12-10-8-6-4-2)57-89-73-69(87)66(84)71(61(55-78)91-73)94-75-70(88)67(85)72(62(56-79)92-75)93-74-68(86)65(83)64(82)60(54-77)90-74/h5,7,11,13,17-18,20-21,23-24,26-27,42,44,50,52,58-62,64-75,77-80,82-88H,3-4,6,8-10,12,14-16,19,22,25,28-41,43,45-49,51,53-57H2,1-2H3,(H,76,81)/b7-5-,13-11-,18-17-,21-20-,24-23-,27-26-,44-42+,52-50+. The molecule has 1 amide bonds. The highest BCUT2D eigenvalue weighted by atomic mass is 16.8. The number of nitrogens with one attached hydrogen (secondary N) is 1. The molecular formula is C75H129NO18. The van der Waals surface area contributed by atoms with Crippen LogP contribution in [0.4, 0.5) is 0 Å². The van der Waals surface area contributed by atoms with E-state index < -0.39 is 124 Å². The predicted molar refractivity (Wildman–Crippen MR) is 369 cm³/mol. The molecule has 19 nitrogen and oxygen atoms in total. The zero-order chi connectivity index (χ0) is 68.2. The lowest BCUT2D eigenvalue weighted by molar-refractivity contribution is -0.379. The summed E-state index contributed by atoms with van der Waals surface area (Å²) < 4.78 is 34.3. The van der Waals surface area contributed by atoms with Crippen LogP contribution in [0.2, 0.25) is 0 Å². The van der Waals surface area contributed by atoms with E-state index in [9.17, 15) is 61.0 Å². The molecule has 3 rings (SSSR count). The fourth-order valence-electron chi connectivity index (χ4n) is 11.7. The van der Waals surface area contributed by atoms with Gasteiger partial charge in [0.25, 0.3) is 0 Å². The third kappa shape index (κ3) is 36.5. The van der Waals surface area contributed by atoms with E-state index >= 15 is 0 Å². The molecule has 0 aromatic carbocycles. The van der Waals surface area contributed by atoms with Crippen LogP contribution in [0.5, 0.6) is 0 Å². The molecule has 3 fully saturated rings. The van der Waals surface area contributed by atoms with Gasteiger partial charge in [-0.25, -0.2) is 0 Å². The number of ether oxygens (including phenoxy) is 6. The van der Waals surface area contributed by atoms with Crippen molar-refractivity contribution >= 4 is 5.91 Å². The molecule has 0 aromatic heterocycles. The maximum atomic E-state index is 13.4. The first kappa shape index (κ1) is 84.9. The Kier molecular flexibility index (Phi) is 50.2. The number of unbranched alkanes of at least 4 members (excludes halogenated alkanes) is 25. The second-order valence-corrected chi connectivity index (χ2v) is 25.7. The fraction of sp³-hybridized carbons (Fsp3) is 0.773. The van der Waals surface area contributed by atoms with Crippen molar-refractivity contribution in [3.05, 3.63) is 97.2 Å². The predicted octanol–water partition coefficient (Wildman–Crippen LogP) is 10.4. The molecule has 17 atom stereocenters. The van der Waals surface area contributed by atoms with Crippen LogP contribution in [0.15, 0.2) is 97.2 Å². The highest BCUT2D eigenvalue weighted by Gasteiger charge is 2.53. The number of aliphatic hydroxyl groups is 11. The number of aliphatic hydroxyl groups excluding tert-OH is 11. The molecule has 3 saturated heterocycles. The fourth-order valence-corrected chi connectivity index (χ4v) is 11.7. The Labute approximate surface area is 564 Å². The zero-order valence-corrected chi connectivity index (χ0v) is 57.4. The van der Waals surface area contributed by atoms with Crippen LogP contribution in [-0.4, -0.2) is 193 Å². The van der Waals surface area contributed by atoms with Gasteiger partial charge >= 0.3 is 0 Å². The monoisotopic (exact) mass is 1330 g/mol. The molecule has 0 saturated carbocycles. The summed E-state index contributed by atoms with van der Waals surface area (Å²) in [6, 6.07) is -0.992. The molecule has 3 aliphatic rings. The Hall–Kier alpha value is -3.29. The lowest BCUT2D eigenvalue weighted by Gasteiger charge is -2.48. The van der Waals surface area contributed by atoms with Crippen LogP contribution in [0.3, 0.4) is 0 Å². The minimum absolute atomic E-state index is 0.233. The maximum absolute atomic E-state index is 13.4. The summed E-state index contributed by atoms with van der Waals surface area (Å²) in [7, 11) is 0. The second-order valence-electron chi connectivity index (χ2n) is 25.7. The summed E-state index contributed by atoms with van der Waals surface area (Å²) >= 11 is 0. The van der Waals surface area contributed by atoms with Crippen LogP contribution >= 0.6 is 0 Å². The second kappa shape index (κ2) is 55.6. The van der Waals surface area contributed by atoms with Crippen molar-refractivity contribution in [1.29, 1.82) is 0 Å². The van der Waals surface area contributed by atoms with Crippen LogP contribution in [0, 0.1) is 0 Å². The van der Waals surface area contributed by atoms with Gasteiger partial charge in [0.05, 0.1) is 38.6 Å². The van der Waals surface area contributed by atoms with Crippen molar-refractivity contribution in [2.75, 3.05) is 26.4 Å². The molecule has 0 bridgehead atoms. The molecule has 19 heteroatoms. The average molecular weight is 1330 g/mol. The van der Waals surface area contributed by atoms with Gasteiger partial charge < -0.3 is 89.9 Å². The quantitative estimate of drug-likeness (QED) is 0.0199. The lowest BCUT2D eigenvalue weighted by atomic mass is 9.96. The van der Waals surface area contributed by atoms with Gasteiger partial charge in [-0.15, -0.1) is 0 Å². The van der Waals surface area contributed by atoms with Gasteiger partial charge in [0.1, 0.15) is 73.2 Å². The molecule has 3 heterocycles. The Balaban J connectivity index is 1.32. The lowest BCUT2D eigenvalue weighted by Crippen LogP contribution is -2.66. The van der Waals surface area contributed by atoms with Gasteiger partial charge in [0.15, 0.2) is 18.9 Å². The minimum atomic E-state index is -1.98. The molecular weight excluding hydrogens is 1200 g/mol. The van der Waals surface area contributed by atoms with Gasteiger partial charge in [-0.2, -0.15) is 0 Å². The number of hydrogen-bond donors (Lipinski definition) is 12. The van der Waals surface area contributed by atoms with Crippen molar-refractivity contribution in [2.24, 2.45) is 0 Å². The smallest absolute Gasteiger partial charge is 0.220 e. The highest BCUT2D eigenvalue weighted by molar-refractivity contribution is 5.76. The van der Waals surface area contributed by atoms with Gasteiger partial charge in [0, 0.05) is 6.42 Å². The summed E-state index contributed by atoms with van der Waals surface area (Å²) in [5, 5.41) is 120. The molecule has 3 aliphatic heterocycles. The third-order valence-corrected chi connectivity index (χ3v) is 17.6. The molecule has 0 spiro atoms. The number of rotatable bonds is 55. The minimum Gasteiger partial charge on any atom is -0.394 e. The maximum Gasteiger partial charge on any atom is 0.220 e. The first-order chi connectivity index (χ1) is 45.8. The first-order valence-electron chi connectivity index (χ1n) is 36.5. The van der Waals surface area contributed by atoms with E-state index in [1.807, 2.05) is 6.08 Å². The summed E-state index contributed by atoms with van der Waals surface area (Å²) in [5.41, 5.74) is 0. The highest BCUT2D eigenvalue weighted by Crippen LogP contribution is 2.33. The SMILES string of the molecule is CC/C=C\C/C=C\C/C=C\C/C=C\C/C=C\C/C=C\CCCCCCCCCCCCCCCCCCCCC(=O)NC(COC1OC(CO)C(OC2OC(CO)C(OC3OC(CO)C(O)C(O)C3O)C(O)C2O)C(O)C1O)C(O)/C=C/CC/C=C/CCCCCCCC. The molecule has 542 valence electrons. The molecule has 0 aromatic rings. The van der Waals surface area contributed by atoms with E-state index in [2.05, 4.69) is 104 Å². The van der Waals surface area contributed by atoms with Gasteiger partial charge in [0.2, 0.25) is 5.91 Å². The Morgan fingerprint density at radius 1 is 0.394 bits per heavy atom. The van der Waals surface area contributed by atoms with Crippen molar-refractivity contribution in [2.45, 2.75) is 343 Å². The van der Waals surface area contributed by atoms with Gasteiger partial charge in [-0.3, -0.25) is 4.79 Å². The third-order valence-electron chi connectivity index (χ3n) is 17.6. The van der Waals surface area contributed by atoms with Gasteiger partial charge in [-0.05, 0) is 83.5 Å². The number of carbonyl (C=O) groups excluding carboxylic acids is 1. The summed E-state index contributed by atoms with van der Waals surface area (Å²) in [6.45, 7) is 1.57. The molecule has 94 heavy (non-hydrogen) atoms. The Morgan fingerprint density at radius 3 is 1.19 bits per heavy atom. The first-order valence-corrected chi connectivity index (χ1v) is 36.5. The van der Waals surface area contributed by atoms with Crippen molar-refractivity contribution < 1.29 is 89.4 Å². The molecule has 17 unspecified atom stereocenters. The summed E-state index contributed by atoms with van der Waals surface area (Å²) in [6.07, 6.45) is 47.0. The van der Waals surface area contributed by atoms with E-state index in [0.29, 0.717) is 12.8 Å². The van der Waals surface area contributed by atoms with E-state index in [1.54, 1.807) is 6.08 Å². The largest absolute Gasteiger partial charge is 0.394 e. The topological polar surface area (TPSA) is 307 Å². The van der Waals surface area contributed by atoms with E-state index in [0.717, 1.165) is 77.0 Å². The number of amides is 1. The average Bonchev–Trinajstić information content (AvgIpc) is 0.794. The summed E-state index contributed by atoms with van der Waals surface area (Å²) in [5.74, 6) is -0.288. The van der Waals surface area contributed by atoms with E-state index in [-0.39, 0.29) is 18.9 Å². The Morgan fingerprint density at radius 2 is 0.745 bits per heavy atom. The molecule has 0 radical (unpaired) electrons. The van der Waals surface area contributed by atoms with Gasteiger partial charge in [-0.1, -0.05) is 246 Å². The zero-order valence-electron chi connectivity index (χ0n) is 57.4. The van der Waals surface area contributed by atoms with Crippen molar-refractivity contribution in [1.82, 2.24) is 5.32 Å². The molecule has 12 N–H and O–H groups in total.